The van der Waals surface area contributed by atoms with Gasteiger partial charge in [-0.15, -0.1) is 0 Å². The van der Waals surface area contributed by atoms with Crippen LogP contribution in [0, 0.1) is 4.91 Å². The van der Waals surface area contributed by atoms with Gasteiger partial charge in [0.25, 0.3) is 5.69 Å². The number of nitrogens with one attached hydrogen (secondary N) is 1. The van der Waals surface area contributed by atoms with Gasteiger partial charge in [-0.2, -0.15) is 0 Å². The zero-order valence-corrected chi connectivity index (χ0v) is 12.5. The van der Waals surface area contributed by atoms with Crippen molar-refractivity contribution in [3.8, 4) is 11.5 Å². The fourth-order valence-corrected chi connectivity index (χ4v) is 1.92. The third-order valence-corrected chi connectivity index (χ3v) is 3.09. The van der Waals surface area contributed by atoms with Gasteiger partial charge < -0.3 is 9.84 Å². The van der Waals surface area contributed by atoms with Crippen molar-refractivity contribution in [2.24, 2.45) is 0 Å². The number of carbonyl (C=O) groups is 1. The normalized spacial score (nSPS) is 11.0. The number of methoxy groups -OCH3 is 1. The molecule has 0 radical (unpaired) electrons. The van der Waals surface area contributed by atoms with E-state index in [0.29, 0.717) is 11.4 Å². The molecule has 0 saturated heterocycles. The van der Waals surface area contributed by atoms with Crippen LogP contribution in [0.5, 0.6) is 11.5 Å². The fraction of sp³-hybridized carbons (Fsp3) is 0.0556. The summed E-state index contributed by atoms with van der Waals surface area (Å²) in [5.41, 5.74) is 1.92. The molecule has 5 heteroatoms. The van der Waals surface area contributed by atoms with Crippen molar-refractivity contribution in [1.29, 1.82) is 0 Å². The van der Waals surface area contributed by atoms with Crippen molar-refractivity contribution in [3.63, 3.8) is 0 Å². The van der Waals surface area contributed by atoms with E-state index in [1.54, 1.807) is 53.7 Å². The number of benzene rings is 2. The van der Waals surface area contributed by atoms with Crippen molar-refractivity contribution in [1.82, 2.24) is 0 Å². The maximum atomic E-state index is 11.8. The Morgan fingerprint density at radius 3 is 2.43 bits per heavy atom. The van der Waals surface area contributed by atoms with Crippen LogP contribution < -0.4 is 9.91 Å². The maximum absolute atomic E-state index is 11.8. The van der Waals surface area contributed by atoms with Gasteiger partial charge in [-0.1, -0.05) is 30.4 Å². The third-order valence-electron chi connectivity index (χ3n) is 3.09. The minimum Gasteiger partial charge on any atom is -0.504 e. The number of aromatic hydroxyl groups is 1. The van der Waals surface area contributed by atoms with Gasteiger partial charge in [-0.3, -0.25) is 4.79 Å². The summed E-state index contributed by atoms with van der Waals surface area (Å²) in [5, 5.41) is 11.3. The molecular weight excluding hydrogens is 294 g/mol. The molecule has 5 nitrogen and oxygen atoms in total. The molecule has 0 amide bonds. The first-order chi connectivity index (χ1) is 11.1. The Hall–Kier alpha value is -3.21. The highest BCUT2D eigenvalue weighted by Gasteiger charge is 2.01. The average Bonchev–Trinajstić information content (AvgIpc) is 2.59. The van der Waals surface area contributed by atoms with E-state index < -0.39 is 0 Å². The zero-order chi connectivity index (χ0) is 16.7. The summed E-state index contributed by atoms with van der Waals surface area (Å²) in [6.45, 7) is 0. The van der Waals surface area contributed by atoms with Gasteiger partial charge in [0.05, 0.1) is 7.11 Å². The van der Waals surface area contributed by atoms with Crippen molar-refractivity contribution in [3.05, 3.63) is 70.7 Å². The summed E-state index contributed by atoms with van der Waals surface area (Å²) in [6.07, 6.45) is 6.09. The van der Waals surface area contributed by atoms with Gasteiger partial charge in [-0.25, -0.2) is 0 Å². The van der Waals surface area contributed by atoms with E-state index in [9.17, 15) is 14.8 Å². The van der Waals surface area contributed by atoms with Gasteiger partial charge in [0.1, 0.15) is 0 Å². The fourth-order valence-electron chi connectivity index (χ4n) is 1.92. The Kier molecular flexibility index (Phi) is 5.41. The molecule has 2 aromatic rings. The topological polar surface area (TPSA) is 77.6 Å². The lowest BCUT2D eigenvalue weighted by Gasteiger charge is -2.03. The molecule has 0 aliphatic heterocycles. The smallest absolute Gasteiger partial charge is 0.253 e. The number of ketones is 1. The standard InChI is InChI=1S/C18H15NO4/c1-23-18-12-14(7-10-17(18)21)6-9-16(20)8-5-13-3-2-4-15(11-13)19-22/h2-12,21H,1H3/p+1/b8-5+,9-6+. The number of nitroso groups, excluding NO2 is 1. The summed E-state index contributed by atoms with van der Waals surface area (Å²) in [6, 6.07) is 11.6. The molecule has 0 atom stereocenters. The third kappa shape index (κ3) is 4.64. The number of carbonyl (C=O) groups excluding carboxylic acids is 1. The van der Waals surface area contributed by atoms with Crippen LogP contribution in [-0.4, -0.2) is 18.0 Å². The Labute approximate surface area is 133 Å². The molecule has 0 unspecified atom stereocenters. The van der Waals surface area contributed by atoms with Crippen LogP contribution in [0.25, 0.3) is 12.2 Å². The molecule has 23 heavy (non-hydrogen) atoms. The predicted molar refractivity (Wildman–Crippen MR) is 88.2 cm³/mol. The molecular formula is C18H16NO4+. The first-order valence-electron chi connectivity index (χ1n) is 6.87. The lowest BCUT2D eigenvalue weighted by atomic mass is 10.1. The number of ether oxygens (including phenoxy) is 1. The highest BCUT2D eigenvalue weighted by molar-refractivity contribution is 6.04. The molecule has 0 saturated carbocycles. The van der Waals surface area contributed by atoms with Crippen molar-refractivity contribution >= 4 is 23.6 Å². The second-order valence-corrected chi connectivity index (χ2v) is 4.73. The molecule has 0 aliphatic carbocycles. The number of allylic oxidation sites excluding steroid dienone is 2. The SMILES string of the molecule is COc1cc(/C=C/C(=O)/C=C/c2cccc([NH+]=O)c2)ccc1O. The summed E-state index contributed by atoms with van der Waals surface area (Å²) in [7, 11) is 1.46. The van der Waals surface area contributed by atoms with Crippen LogP contribution in [0.1, 0.15) is 11.1 Å². The van der Waals surface area contributed by atoms with E-state index in [2.05, 4.69) is 0 Å². The predicted octanol–water partition coefficient (Wildman–Crippen LogP) is 2.18. The summed E-state index contributed by atoms with van der Waals surface area (Å²) < 4.78 is 5.01. The summed E-state index contributed by atoms with van der Waals surface area (Å²) in [5.74, 6) is 0.192. The Balaban J connectivity index is 2.06. The van der Waals surface area contributed by atoms with E-state index >= 15 is 0 Å². The largest absolute Gasteiger partial charge is 0.504 e. The molecule has 0 bridgehead atoms. The van der Waals surface area contributed by atoms with Crippen molar-refractivity contribution in [2.75, 3.05) is 7.11 Å². The quantitative estimate of drug-likeness (QED) is 0.802. The maximum Gasteiger partial charge on any atom is 0.253 e. The first-order valence-corrected chi connectivity index (χ1v) is 6.87. The first kappa shape index (κ1) is 16.2. The molecule has 2 N–H and O–H groups in total. The number of hydrogen-bond donors (Lipinski definition) is 2. The Bertz CT molecular complexity index is 778. The summed E-state index contributed by atoms with van der Waals surface area (Å²) in [4.78, 5) is 22.4. The van der Waals surface area contributed by atoms with Crippen LogP contribution in [0.2, 0.25) is 0 Å². The summed E-state index contributed by atoms with van der Waals surface area (Å²) >= 11 is 0. The molecule has 0 fully saturated rings. The molecule has 0 aromatic heterocycles. The van der Waals surface area contributed by atoms with Gasteiger partial charge in [0.2, 0.25) is 0 Å². The van der Waals surface area contributed by atoms with Gasteiger partial charge in [0.15, 0.2) is 17.3 Å². The van der Waals surface area contributed by atoms with E-state index in [1.165, 1.54) is 25.3 Å². The van der Waals surface area contributed by atoms with Crippen LogP contribution in [0.4, 0.5) is 5.69 Å². The number of rotatable bonds is 6. The van der Waals surface area contributed by atoms with Crippen LogP contribution >= 0.6 is 0 Å². The average molecular weight is 310 g/mol. The lowest BCUT2D eigenvalue weighted by molar-refractivity contribution is -0.379. The van der Waals surface area contributed by atoms with Gasteiger partial charge >= 0.3 is 0 Å². The van der Waals surface area contributed by atoms with E-state index in [-0.39, 0.29) is 11.5 Å². The minimum absolute atomic E-state index is 0.0442. The lowest BCUT2D eigenvalue weighted by Crippen LogP contribution is -2.55. The van der Waals surface area contributed by atoms with E-state index in [1.807, 2.05) is 0 Å². The monoisotopic (exact) mass is 310 g/mol. The second kappa shape index (κ2) is 7.70. The van der Waals surface area contributed by atoms with Crippen molar-refractivity contribution in [2.45, 2.75) is 0 Å². The molecule has 0 spiro atoms. The molecule has 0 heterocycles. The second-order valence-electron chi connectivity index (χ2n) is 4.73. The van der Waals surface area contributed by atoms with Crippen LogP contribution in [-0.2, 0) is 4.79 Å². The Morgan fingerprint density at radius 1 is 1.09 bits per heavy atom. The highest BCUT2D eigenvalue weighted by Crippen LogP contribution is 2.26. The van der Waals surface area contributed by atoms with Crippen molar-refractivity contribution < 1.29 is 19.8 Å². The number of phenolic OH excluding ortho intramolecular Hbond substituents is 1. The number of hydrogen-bond acceptors (Lipinski definition) is 4. The van der Waals surface area contributed by atoms with E-state index in [0.717, 1.165) is 11.1 Å². The molecule has 2 rings (SSSR count). The molecule has 2 aromatic carbocycles. The Morgan fingerprint density at radius 2 is 1.78 bits per heavy atom. The number of phenols is 1. The van der Waals surface area contributed by atoms with Gasteiger partial charge in [-0.05, 0) is 35.4 Å². The molecule has 0 aliphatic rings. The highest BCUT2D eigenvalue weighted by atomic mass is 16.5. The van der Waals surface area contributed by atoms with Crippen LogP contribution in [0.3, 0.4) is 0 Å². The van der Waals surface area contributed by atoms with Crippen LogP contribution in [0.15, 0.2) is 54.6 Å². The van der Waals surface area contributed by atoms with E-state index in [4.69, 9.17) is 4.74 Å². The molecule has 116 valence electrons. The minimum atomic E-state index is -0.197. The van der Waals surface area contributed by atoms with Gasteiger partial charge in [0, 0.05) is 22.2 Å². The zero-order valence-electron chi connectivity index (χ0n) is 12.5.